The first kappa shape index (κ1) is 34.5. The number of para-hydroxylation sites is 2. The lowest BCUT2D eigenvalue weighted by Gasteiger charge is -2.12. The molecule has 10 aromatic carbocycles. The van der Waals surface area contributed by atoms with Gasteiger partial charge in [-0.25, -0.2) is 15.0 Å². The van der Waals surface area contributed by atoms with Crippen LogP contribution in [0.2, 0.25) is 0 Å². The summed E-state index contributed by atoms with van der Waals surface area (Å²) in [6.07, 6.45) is 0. The molecule has 13 aromatic rings. The van der Waals surface area contributed by atoms with Crippen LogP contribution < -0.4 is 0 Å². The monoisotopic (exact) mass is 789 g/mol. The smallest absolute Gasteiger partial charge is 0.164 e. The van der Waals surface area contributed by atoms with Crippen LogP contribution in [-0.4, -0.2) is 24.1 Å². The SMILES string of the molecule is c1ccc(-c2nc(-c3ccc4cc(-n5c6ccccc6c6cc7c8c9ccccc9ccc8n(-c8ccccc8)c7cc65)ccc4c3)nc(-c3cccc4ccccc34)n2)cc1. The highest BCUT2D eigenvalue weighted by Gasteiger charge is 2.20. The molecule has 0 bridgehead atoms. The average Bonchev–Trinajstić information content (AvgIpc) is 3.85. The van der Waals surface area contributed by atoms with Gasteiger partial charge in [0.15, 0.2) is 17.5 Å². The summed E-state index contributed by atoms with van der Waals surface area (Å²) in [5.74, 6) is 1.94. The van der Waals surface area contributed by atoms with Gasteiger partial charge in [0.25, 0.3) is 0 Å². The topological polar surface area (TPSA) is 48.5 Å². The van der Waals surface area contributed by atoms with Gasteiger partial charge in [-0.2, -0.15) is 0 Å². The van der Waals surface area contributed by atoms with E-state index in [-0.39, 0.29) is 0 Å². The Morgan fingerprint density at radius 3 is 1.71 bits per heavy atom. The second-order valence-electron chi connectivity index (χ2n) is 16.0. The Morgan fingerprint density at radius 1 is 0.274 bits per heavy atom. The van der Waals surface area contributed by atoms with Crippen LogP contribution in [0.3, 0.4) is 0 Å². The van der Waals surface area contributed by atoms with Crippen LogP contribution in [0.25, 0.3) is 121 Å². The van der Waals surface area contributed by atoms with Gasteiger partial charge in [0.2, 0.25) is 0 Å². The Balaban J connectivity index is 0.995. The molecule has 13 rings (SSSR count). The van der Waals surface area contributed by atoms with Gasteiger partial charge in [-0.3, -0.25) is 0 Å². The van der Waals surface area contributed by atoms with Crippen molar-refractivity contribution in [2.24, 2.45) is 0 Å². The fourth-order valence-electron chi connectivity index (χ4n) is 9.66. The molecule has 0 N–H and O–H groups in total. The molecule has 0 aliphatic heterocycles. The molecule has 0 fully saturated rings. The summed E-state index contributed by atoms with van der Waals surface area (Å²) in [6.45, 7) is 0. The maximum atomic E-state index is 5.14. The van der Waals surface area contributed by atoms with E-state index < -0.39 is 0 Å². The van der Waals surface area contributed by atoms with Crippen molar-refractivity contribution in [3.8, 4) is 45.5 Å². The highest BCUT2D eigenvalue weighted by molar-refractivity contribution is 6.25. The molecule has 0 saturated heterocycles. The molecule has 0 aliphatic carbocycles. The second kappa shape index (κ2) is 13.6. The molecule has 0 amide bonds. The first-order valence-corrected chi connectivity index (χ1v) is 21.0. The molecule has 0 unspecified atom stereocenters. The van der Waals surface area contributed by atoms with E-state index in [4.69, 9.17) is 15.0 Å². The summed E-state index contributed by atoms with van der Waals surface area (Å²) in [4.78, 5) is 15.3. The van der Waals surface area contributed by atoms with Crippen LogP contribution in [0.5, 0.6) is 0 Å². The van der Waals surface area contributed by atoms with E-state index >= 15 is 0 Å². The average molecular weight is 790 g/mol. The molecule has 288 valence electrons. The lowest BCUT2D eigenvalue weighted by Crippen LogP contribution is -2.00. The molecule has 62 heavy (non-hydrogen) atoms. The number of benzene rings is 10. The number of aromatic nitrogens is 5. The fourth-order valence-corrected chi connectivity index (χ4v) is 9.66. The van der Waals surface area contributed by atoms with E-state index in [1.165, 1.54) is 54.4 Å². The van der Waals surface area contributed by atoms with E-state index in [0.29, 0.717) is 17.5 Å². The van der Waals surface area contributed by atoms with Crippen LogP contribution in [0.15, 0.2) is 212 Å². The third-order valence-electron chi connectivity index (χ3n) is 12.5. The highest BCUT2D eigenvalue weighted by Crippen LogP contribution is 2.42. The standard InChI is InChI=1S/C57H35N5/c1-3-16-38(17-4-1)55-58-56(60-57(59-55)47-24-13-18-36-14-7-9-21-44(36)47)41-27-26-40-33-43(30-28-39(40)32-41)62-50-25-12-11-23-46(50)48-34-49-53(35-52(48)62)61(42-19-5-2-6-20-42)51-31-29-37-15-8-10-22-45(37)54(49)51/h1-35H. The van der Waals surface area contributed by atoms with Crippen LogP contribution in [0.4, 0.5) is 0 Å². The molecule has 0 atom stereocenters. The van der Waals surface area contributed by atoms with Crippen molar-refractivity contribution >= 4 is 75.9 Å². The molecule has 5 heteroatoms. The molecular weight excluding hydrogens is 755 g/mol. The Bertz CT molecular complexity index is 3910. The minimum Gasteiger partial charge on any atom is -0.309 e. The Hall–Kier alpha value is -8.41. The molecule has 0 spiro atoms. The molecule has 3 aromatic heterocycles. The van der Waals surface area contributed by atoms with Crippen molar-refractivity contribution < 1.29 is 0 Å². The molecule has 0 saturated carbocycles. The first-order chi connectivity index (χ1) is 30.7. The zero-order valence-electron chi connectivity index (χ0n) is 33.4. The van der Waals surface area contributed by atoms with E-state index in [0.717, 1.165) is 49.6 Å². The number of rotatable bonds is 5. The minimum atomic E-state index is 0.640. The van der Waals surface area contributed by atoms with Gasteiger partial charge in [0, 0.05) is 49.6 Å². The first-order valence-electron chi connectivity index (χ1n) is 21.0. The van der Waals surface area contributed by atoms with Crippen LogP contribution in [0, 0.1) is 0 Å². The number of hydrogen-bond acceptors (Lipinski definition) is 3. The van der Waals surface area contributed by atoms with Crippen molar-refractivity contribution in [3.63, 3.8) is 0 Å². The summed E-state index contributed by atoms with van der Waals surface area (Å²) in [5.41, 5.74) is 9.83. The largest absolute Gasteiger partial charge is 0.309 e. The van der Waals surface area contributed by atoms with Crippen LogP contribution in [0.1, 0.15) is 0 Å². The summed E-state index contributed by atoms with van der Waals surface area (Å²) in [6, 6.07) is 75.8. The zero-order chi connectivity index (χ0) is 40.7. The van der Waals surface area contributed by atoms with Gasteiger partial charge in [-0.1, -0.05) is 158 Å². The zero-order valence-corrected chi connectivity index (χ0v) is 33.4. The van der Waals surface area contributed by atoms with Crippen molar-refractivity contribution in [1.82, 2.24) is 24.1 Å². The van der Waals surface area contributed by atoms with Crippen molar-refractivity contribution in [3.05, 3.63) is 212 Å². The van der Waals surface area contributed by atoms with E-state index in [1.807, 2.05) is 18.2 Å². The summed E-state index contributed by atoms with van der Waals surface area (Å²) in [5, 5.41) is 12.0. The van der Waals surface area contributed by atoms with Gasteiger partial charge < -0.3 is 9.13 Å². The van der Waals surface area contributed by atoms with Gasteiger partial charge >= 0.3 is 0 Å². The second-order valence-corrected chi connectivity index (χ2v) is 16.0. The van der Waals surface area contributed by atoms with Crippen molar-refractivity contribution in [2.45, 2.75) is 0 Å². The quantitative estimate of drug-likeness (QED) is 0.174. The Labute approximate surface area is 356 Å². The van der Waals surface area contributed by atoms with Crippen LogP contribution in [-0.2, 0) is 0 Å². The van der Waals surface area contributed by atoms with Gasteiger partial charge in [0.05, 0.1) is 22.1 Å². The fraction of sp³-hybridized carbons (Fsp3) is 0. The van der Waals surface area contributed by atoms with Gasteiger partial charge in [-0.05, 0) is 86.9 Å². The maximum Gasteiger partial charge on any atom is 0.164 e. The van der Waals surface area contributed by atoms with Gasteiger partial charge in [0.1, 0.15) is 0 Å². The maximum absolute atomic E-state index is 5.14. The van der Waals surface area contributed by atoms with E-state index in [1.54, 1.807) is 0 Å². The predicted octanol–water partition coefficient (Wildman–Crippen LogP) is 14.5. The van der Waals surface area contributed by atoms with E-state index in [9.17, 15) is 0 Å². The lowest BCUT2D eigenvalue weighted by atomic mass is 10.0. The predicted molar refractivity (Wildman–Crippen MR) is 257 cm³/mol. The van der Waals surface area contributed by atoms with Gasteiger partial charge in [-0.15, -0.1) is 0 Å². The highest BCUT2D eigenvalue weighted by atomic mass is 15.0. The number of fused-ring (bicyclic) bond motifs is 10. The molecule has 3 heterocycles. The summed E-state index contributed by atoms with van der Waals surface area (Å²) < 4.78 is 4.85. The third kappa shape index (κ3) is 5.32. The Kier molecular flexibility index (Phi) is 7.54. The van der Waals surface area contributed by atoms with E-state index in [2.05, 4.69) is 203 Å². The molecule has 0 aliphatic rings. The number of hydrogen-bond donors (Lipinski definition) is 0. The van der Waals surface area contributed by atoms with Crippen molar-refractivity contribution in [1.29, 1.82) is 0 Å². The lowest BCUT2D eigenvalue weighted by molar-refractivity contribution is 1.08. The summed E-state index contributed by atoms with van der Waals surface area (Å²) >= 11 is 0. The van der Waals surface area contributed by atoms with Crippen LogP contribution >= 0.6 is 0 Å². The minimum absolute atomic E-state index is 0.640. The molecular formula is C57H35N5. The molecule has 0 radical (unpaired) electrons. The third-order valence-corrected chi connectivity index (χ3v) is 12.5. The normalized spacial score (nSPS) is 11.9. The Morgan fingerprint density at radius 2 is 0.871 bits per heavy atom. The van der Waals surface area contributed by atoms with Crippen molar-refractivity contribution in [2.75, 3.05) is 0 Å². The number of nitrogens with zero attached hydrogens (tertiary/aromatic N) is 5. The summed E-state index contributed by atoms with van der Waals surface area (Å²) in [7, 11) is 0. The molecule has 5 nitrogen and oxygen atoms in total.